The Balaban J connectivity index is 2.71. The van der Waals surface area contributed by atoms with E-state index in [1.807, 2.05) is 0 Å². The standard InChI is InChI=1S/C5H2N4O/c1-2-3-8-4(6-1)10-5(7-2)9-3/h1H,(H,6,7,8,9). The molecule has 3 bridgehead atoms. The lowest BCUT2D eigenvalue weighted by atomic mass is 10.6. The molecule has 0 aliphatic carbocycles. The second-order valence-electron chi connectivity index (χ2n) is 2.03. The first kappa shape index (κ1) is 4.21. The van der Waals surface area contributed by atoms with Gasteiger partial charge >= 0.3 is 12.0 Å². The highest BCUT2D eigenvalue weighted by Crippen LogP contribution is 2.23. The third-order valence-corrected chi connectivity index (χ3v) is 1.38. The number of hydrogen-bond donors (Lipinski definition) is 1. The van der Waals surface area contributed by atoms with Crippen LogP contribution in [0.2, 0.25) is 0 Å². The maximum atomic E-state index is 5.02. The van der Waals surface area contributed by atoms with Crippen LogP contribution in [0.15, 0.2) is 6.20 Å². The Hall–Kier alpha value is -1.65. The summed E-state index contributed by atoms with van der Waals surface area (Å²) in [6.45, 7) is 0. The lowest BCUT2D eigenvalue weighted by Gasteiger charge is -1.97. The van der Waals surface area contributed by atoms with Crippen LogP contribution in [0.25, 0.3) is 11.2 Å². The van der Waals surface area contributed by atoms with Gasteiger partial charge < -0.3 is 9.72 Å². The van der Waals surface area contributed by atoms with Crippen LogP contribution in [0.3, 0.4) is 0 Å². The number of H-pyrrole nitrogens is 1. The minimum atomic E-state index is 0.369. The average molecular weight is 134 g/mol. The molecule has 3 heterocycles. The first-order valence-electron chi connectivity index (χ1n) is 2.82. The maximum absolute atomic E-state index is 5.02. The Morgan fingerprint density at radius 1 is 1.40 bits per heavy atom. The van der Waals surface area contributed by atoms with Gasteiger partial charge in [0.15, 0.2) is 5.65 Å². The van der Waals surface area contributed by atoms with Crippen molar-refractivity contribution in [2.45, 2.75) is 0 Å². The largest absolute Gasteiger partial charge is 0.390 e. The highest BCUT2D eigenvalue weighted by Gasteiger charge is 2.14. The van der Waals surface area contributed by atoms with Gasteiger partial charge in [-0.25, -0.2) is 4.98 Å². The van der Waals surface area contributed by atoms with E-state index in [9.17, 15) is 0 Å². The quantitative estimate of drug-likeness (QED) is 0.485. The normalized spacial score (nSPS) is 12.8. The van der Waals surface area contributed by atoms with Crippen LogP contribution in [-0.2, 0) is 0 Å². The molecule has 2 aromatic heterocycles. The van der Waals surface area contributed by atoms with Crippen LogP contribution in [0.4, 0.5) is 0 Å². The molecular weight excluding hydrogens is 132 g/mol. The summed E-state index contributed by atoms with van der Waals surface area (Å²) in [5, 5.41) is 0. The Kier molecular flexibility index (Phi) is 0.467. The van der Waals surface area contributed by atoms with Gasteiger partial charge in [0.25, 0.3) is 0 Å². The molecule has 1 aliphatic rings. The number of nitrogens with one attached hydrogen (secondary N) is 1. The third kappa shape index (κ3) is 0.333. The molecule has 0 saturated heterocycles. The zero-order chi connectivity index (χ0) is 6.55. The van der Waals surface area contributed by atoms with E-state index in [0.29, 0.717) is 17.7 Å². The van der Waals surface area contributed by atoms with Gasteiger partial charge in [0.05, 0.1) is 6.20 Å². The van der Waals surface area contributed by atoms with Crippen LogP contribution in [-0.4, -0.2) is 19.9 Å². The van der Waals surface area contributed by atoms with Crippen molar-refractivity contribution in [3.8, 4) is 12.0 Å². The van der Waals surface area contributed by atoms with E-state index in [-0.39, 0.29) is 0 Å². The summed E-state index contributed by atoms with van der Waals surface area (Å²) in [5.74, 6) is 0. The molecule has 0 aromatic carbocycles. The zero-order valence-corrected chi connectivity index (χ0v) is 4.83. The average Bonchev–Trinajstić information content (AvgIpc) is 2.11. The fraction of sp³-hybridized carbons (Fsp3) is 0. The summed E-state index contributed by atoms with van der Waals surface area (Å²) in [6, 6.07) is 0.848. The minimum absolute atomic E-state index is 0.369. The van der Waals surface area contributed by atoms with E-state index in [0.717, 1.165) is 5.52 Å². The highest BCUT2D eigenvalue weighted by molar-refractivity contribution is 5.71. The van der Waals surface area contributed by atoms with Crippen LogP contribution >= 0.6 is 0 Å². The summed E-state index contributed by atoms with van der Waals surface area (Å²) < 4.78 is 5.02. The molecule has 0 atom stereocenters. The molecule has 5 heteroatoms. The zero-order valence-electron chi connectivity index (χ0n) is 4.83. The van der Waals surface area contributed by atoms with Crippen molar-refractivity contribution in [3.05, 3.63) is 6.20 Å². The molecule has 10 heavy (non-hydrogen) atoms. The minimum Gasteiger partial charge on any atom is -0.390 e. The van der Waals surface area contributed by atoms with E-state index in [1.165, 1.54) is 0 Å². The van der Waals surface area contributed by atoms with Crippen LogP contribution in [0.1, 0.15) is 0 Å². The maximum Gasteiger partial charge on any atom is 0.326 e. The van der Waals surface area contributed by atoms with Crippen molar-refractivity contribution in [2.24, 2.45) is 0 Å². The van der Waals surface area contributed by atoms with Crippen molar-refractivity contribution in [3.63, 3.8) is 0 Å². The smallest absolute Gasteiger partial charge is 0.326 e. The molecule has 0 unspecified atom stereocenters. The van der Waals surface area contributed by atoms with Crippen molar-refractivity contribution < 1.29 is 4.74 Å². The molecule has 1 N–H and O–H groups in total. The van der Waals surface area contributed by atoms with E-state index in [2.05, 4.69) is 19.9 Å². The summed E-state index contributed by atoms with van der Waals surface area (Å²) in [5.41, 5.74) is 1.49. The lowest BCUT2D eigenvalue weighted by molar-refractivity contribution is 0.410. The fourth-order valence-corrected chi connectivity index (χ4v) is 0.954. The summed E-state index contributed by atoms with van der Waals surface area (Å²) in [7, 11) is 0. The molecule has 0 spiro atoms. The molecule has 0 fully saturated rings. The molecule has 0 saturated carbocycles. The molecular formula is C5H2N4O. The Labute approximate surface area is 55.1 Å². The SMILES string of the molecule is c1nc2nc3nc([nH]c13)O2. The second kappa shape index (κ2) is 1.11. The molecule has 48 valence electrons. The number of aromatic nitrogens is 4. The van der Waals surface area contributed by atoms with Crippen molar-refractivity contribution >= 4 is 11.2 Å². The molecule has 3 rings (SSSR count). The van der Waals surface area contributed by atoms with Gasteiger partial charge in [-0.3, -0.25) is 0 Å². The number of rotatable bonds is 0. The van der Waals surface area contributed by atoms with E-state index in [4.69, 9.17) is 4.74 Å². The lowest BCUT2D eigenvalue weighted by Crippen LogP contribution is -1.94. The molecule has 2 aromatic rings. The Bertz CT molecular complexity index is 393. The van der Waals surface area contributed by atoms with E-state index >= 15 is 0 Å². The Morgan fingerprint density at radius 2 is 2.40 bits per heavy atom. The van der Waals surface area contributed by atoms with Crippen LogP contribution in [0.5, 0.6) is 12.0 Å². The van der Waals surface area contributed by atoms with Gasteiger partial charge in [-0.2, -0.15) is 9.97 Å². The fourth-order valence-electron chi connectivity index (χ4n) is 0.954. The van der Waals surface area contributed by atoms with Gasteiger partial charge in [0.2, 0.25) is 0 Å². The van der Waals surface area contributed by atoms with Gasteiger partial charge in [-0.1, -0.05) is 0 Å². The number of hydrogen-bond acceptors (Lipinski definition) is 4. The molecule has 1 aliphatic heterocycles. The number of aromatic amines is 1. The van der Waals surface area contributed by atoms with Crippen LogP contribution < -0.4 is 4.74 Å². The predicted molar refractivity (Wildman–Crippen MR) is 31.8 cm³/mol. The summed E-state index contributed by atoms with van der Waals surface area (Å²) in [4.78, 5) is 14.7. The topological polar surface area (TPSA) is 63.7 Å². The van der Waals surface area contributed by atoms with Crippen molar-refractivity contribution in [1.82, 2.24) is 19.9 Å². The first-order valence-corrected chi connectivity index (χ1v) is 2.82. The van der Waals surface area contributed by atoms with Gasteiger partial charge in [0, 0.05) is 0 Å². The van der Waals surface area contributed by atoms with Crippen molar-refractivity contribution in [2.75, 3.05) is 0 Å². The second-order valence-corrected chi connectivity index (χ2v) is 2.03. The summed E-state index contributed by atoms with van der Waals surface area (Å²) in [6.07, 6.45) is 1.65. The molecule has 5 nitrogen and oxygen atoms in total. The first-order chi connectivity index (χ1) is 4.92. The monoisotopic (exact) mass is 134 g/mol. The Morgan fingerprint density at radius 3 is 3.40 bits per heavy atom. The number of nitrogens with zero attached hydrogens (tertiary/aromatic N) is 3. The van der Waals surface area contributed by atoms with E-state index in [1.54, 1.807) is 6.20 Å². The number of fused-ring (bicyclic) bond motifs is 2. The van der Waals surface area contributed by atoms with Gasteiger partial charge in [0.1, 0.15) is 5.52 Å². The number of imidazole rings is 1. The van der Waals surface area contributed by atoms with Gasteiger partial charge in [-0.05, 0) is 0 Å². The highest BCUT2D eigenvalue weighted by atomic mass is 16.5. The third-order valence-electron chi connectivity index (χ3n) is 1.38. The number of ether oxygens (including phenoxy) is 1. The van der Waals surface area contributed by atoms with Gasteiger partial charge in [-0.15, -0.1) is 0 Å². The van der Waals surface area contributed by atoms with Crippen LogP contribution in [0, 0.1) is 0 Å². The van der Waals surface area contributed by atoms with E-state index < -0.39 is 0 Å². The summed E-state index contributed by atoms with van der Waals surface area (Å²) >= 11 is 0. The van der Waals surface area contributed by atoms with Crippen molar-refractivity contribution in [1.29, 1.82) is 0 Å². The predicted octanol–water partition coefficient (Wildman–Crippen LogP) is 0.459. The molecule has 0 radical (unpaired) electrons. The molecule has 0 amide bonds.